The van der Waals surface area contributed by atoms with E-state index in [1.165, 1.54) is 0 Å². The molecular formula is C13H15NO3S. The fourth-order valence-corrected chi connectivity index (χ4v) is 2.70. The summed E-state index contributed by atoms with van der Waals surface area (Å²) in [6.07, 6.45) is 0. The summed E-state index contributed by atoms with van der Waals surface area (Å²) in [7, 11) is -3.33. The van der Waals surface area contributed by atoms with Gasteiger partial charge in [-0.15, -0.1) is 0 Å². The van der Waals surface area contributed by atoms with Gasteiger partial charge in [0.2, 0.25) is 10.0 Å². The topological polar surface area (TPSA) is 59.3 Å². The molecule has 18 heavy (non-hydrogen) atoms. The highest BCUT2D eigenvalue weighted by atomic mass is 32.2. The molecule has 0 saturated carbocycles. The summed E-state index contributed by atoms with van der Waals surface area (Å²) >= 11 is 0. The second-order valence-corrected chi connectivity index (χ2v) is 5.89. The van der Waals surface area contributed by atoms with Gasteiger partial charge in [-0.2, -0.15) is 0 Å². The third-order valence-electron chi connectivity index (χ3n) is 2.46. The van der Waals surface area contributed by atoms with Gasteiger partial charge in [-0.3, -0.25) is 0 Å². The summed E-state index contributed by atoms with van der Waals surface area (Å²) in [5.74, 6) is 1.37. The van der Waals surface area contributed by atoms with Gasteiger partial charge < -0.3 is 4.42 Å². The van der Waals surface area contributed by atoms with Crippen molar-refractivity contribution < 1.29 is 12.8 Å². The fraction of sp³-hybridized carbons (Fsp3) is 0.231. The van der Waals surface area contributed by atoms with Crippen molar-refractivity contribution in [1.29, 1.82) is 0 Å². The molecule has 0 radical (unpaired) electrons. The lowest BCUT2D eigenvalue weighted by atomic mass is 10.2. The molecule has 0 atom stereocenters. The van der Waals surface area contributed by atoms with Crippen molar-refractivity contribution in [2.45, 2.75) is 19.2 Å². The largest absolute Gasteiger partial charge is 0.465 e. The zero-order valence-corrected chi connectivity index (χ0v) is 10.9. The Kier molecular flexibility index (Phi) is 3.84. The summed E-state index contributed by atoms with van der Waals surface area (Å²) in [5, 5.41) is 0. The molecule has 1 aromatic carbocycles. The predicted octanol–water partition coefficient (Wildman–Crippen LogP) is 2.21. The van der Waals surface area contributed by atoms with Gasteiger partial charge in [-0.05, 0) is 24.6 Å². The van der Waals surface area contributed by atoms with Crippen molar-refractivity contribution in [2.75, 3.05) is 0 Å². The Balaban J connectivity index is 1.96. The zero-order chi connectivity index (χ0) is 13.0. The van der Waals surface area contributed by atoms with Crippen LogP contribution in [0.25, 0.3) is 0 Å². The van der Waals surface area contributed by atoms with Gasteiger partial charge in [0, 0.05) is 0 Å². The lowest BCUT2D eigenvalue weighted by Gasteiger charge is -2.05. The maximum Gasteiger partial charge on any atom is 0.216 e. The van der Waals surface area contributed by atoms with Gasteiger partial charge in [0.25, 0.3) is 0 Å². The summed E-state index contributed by atoms with van der Waals surface area (Å²) in [6, 6.07) is 12.6. The van der Waals surface area contributed by atoms with Gasteiger partial charge in [0.05, 0.1) is 12.3 Å². The van der Waals surface area contributed by atoms with Crippen molar-refractivity contribution in [1.82, 2.24) is 4.72 Å². The zero-order valence-electron chi connectivity index (χ0n) is 10.1. The summed E-state index contributed by atoms with van der Waals surface area (Å²) in [5.41, 5.74) is 0.764. The number of hydrogen-bond acceptors (Lipinski definition) is 3. The highest BCUT2D eigenvalue weighted by Crippen LogP contribution is 2.08. The van der Waals surface area contributed by atoms with E-state index >= 15 is 0 Å². The Bertz CT molecular complexity index is 602. The average molecular weight is 265 g/mol. The molecule has 0 amide bonds. The van der Waals surface area contributed by atoms with Crippen molar-refractivity contribution in [3.63, 3.8) is 0 Å². The van der Waals surface area contributed by atoms with E-state index < -0.39 is 10.0 Å². The molecule has 96 valence electrons. The molecule has 0 saturated heterocycles. The van der Waals surface area contributed by atoms with E-state index in [-0.39, 0.29) is 12.3 Å². The lowest BCUT2D eigenvalue weighted by molar-refractivity contribution is 0.475. The molecule has 5 heteroatoms. The standard InChI is InChI=1S/C13H15NO3S/c1-11-7-8-13(17-11)9-14-18(15,16)10-12-5-3-2-4-6-12/h2-8,14H,9-10H2,1H3. The van der Waals surface area contributed by atoms with Crippen LogP contribution in [0.15, 0.2) is 46.9 Å². The molecule has 0 aliphatic carbocycles. The van der Waals surface area contributed by atoms with Crippen molar-refractivity contribution in [3.05, 3.63) is 59.5 Å². The van der Waals surface area contributed by atoms with E-state index in [0.717, 1.165) is 11.3 Å². The molecular weight excluding hydrogens is 250 g/mol. The van der Waals surface area contributed by atoms with Gasteiger partial charge in [-0.1, -0.05) is 30.3 Å². The number of aryl methyl sites for hydroxylation is 1. The third kappa shape index (κ3) is 3.72. The monoisotopic (exact) mass is 265 g/mol. The van der Waals surface area contributed by atoms with Crippen LogP contribution in [-0.2, 0) is 22.3 Å². The van der Waals surface area contributed by atoms with Crippen molar-refractivity contribution in [3.8, 4) is 0 Å². The van der Waals surface area contributed by atoms with E-state index in [1.54, 1.807) is 24.3 Å². The minimum absolute atomic E-state index is 0.0203. The molecule has 2 rings (SSSR count). The molecule has 0 aliphatic rings. The number of sulfonamides is 1. The van der Waals surface area contributed by atoms with Crippen LogP contribution in [0.5, 0.6) is 0 Å². The maximum atomic E-state index is 11.8. The average Bonchev–Trinajstić information content (AvgIpc) is 2.74. The smallest absolute Gasteiger partial charge is 0.216 e. The minimum atomic E-state index is -3.33. The Labute approximate surface area is 107 Å². The quantitative estimate of drug-likeness (QED) is 0.901. The van der Waals surface area contributed by atoms with Crippen LogP contribution in [0.3, 0.4) is 0 Å². The molecule has 0 unspecified atom stereocenters. The molecule has 2 aromatic rings. The van der Waals surface area contributed by atoms with Crippen LogP contribution in [0, 0.1) is 6.92 Å². The van der Waals surface area contributed by atoms with Gasteiger partial charge in [-0.25, -0.2) is 13.1 Å². The van der Waals surface area contributed by atoms with E-state index in [1.807, 2.05) is 25.1 Å². The number of rotatable bonds is 5. The van der Waals surface area contributed by atoms with Crippen molar-refractivity contribution >= 4 is 10.0 Å². The molecule has 0 aliphatic heterocycles. The minimum Gasteiger partial charge on any atom is -0.465 e. The second-order valence-electron chi connectivity index (χ2n) is 4.08. The first-order valence-corrected chi connectivity index (χ1v) is 7.27. The number of furan rings is 1. The van der Waals surface area contributed by atoms with E-state index in [2.05, 4.69) is 4.72 Å². The SMILES string of the molecule is Cc1ccc(CNS(=O)(=O)Cc2ccccc2)o1. The summed E-state index contributed by atoms with van der Waals surface area (Å²) < 4.78 is 31.5. The molecule has 1 N–H and O–H groups in total. The Morgan fingerprint density at radius 3 is 2.44 bits per heavy atom. The summed E-state index contributed by atoms with van der Waals surface area (Å²) in [4.78, 5) is 0. The van der Waals surface area contributed by atoms with Crippen LogP contribution < -0.4 is 4.72 Å². The molecule has 0 fully saturated rings. The highest BCUT2D eigenvalue weighted by Gasteiger charge is 2.11. The first kappa shape index (κ1) is 12.9. The van der Waals surface area contributed by atoms with Gasteiger partial charge in [0.1, 0.15) is 11.5 Å². The maximum absolute atomic E-state index is 11.8. The highest BCUT2D eigenvalue weighted by molar-refractivity contribution is 7.88. The Morgan fingerprint density at radius 1 is 1.11 bits per heavy atom. The van der Waals surface area contributed by atoms with Gasteiger partial charge in [0.15, 0.2) is 0 Å². The summed E-state index contributed by atoms with van der Waals surface area (Å²) in [6.45, 7) is 2.00. The number of nitrogens with one attached hydrogen (secondary N) is 1. The second kappa shape index (κ2) is 5.37. The molecule has 0 spiro atoms. The number of benzene rings is 1. The van der Waals surface area contributed by atoms with E-state index in [0.29, 0.717) is 5.76 Å². The Hall–Kier alpha value is -1.59. The van der Waals surface area contributed by atoms with Crippen molar-refractivity contribution in [2.24, 2.45) is 0 Å². The first-order valence-electron chi connectivity index (χ1n) is 5.62. The van der Waals surface area contributed by atoms with Crippen LogP contribution >= 0.6 is 0 Å². The van der Waals surface area contributed by atoms with Crippen LogP contribution in [-0.4, -0.2) is 8.42 Å². The molecule has 0 bridgehead atoms. The fourth-order valence-electron chi connectivity index (χ4n) is 1.61. The lowest BCUT2D eigenvalue weighted by Crippen LogP contribution is -2.24. The van der Waals surface area contributed by atoms with Crippen LogP contribution in [0.4, 0.5) is 0 Å². The third-order valence-corrected chi connectivity index (χ3v) is 3.76. The van der Waals surface area contributed by atoms with Crippen LogP contribution in [0.1, 0.15) is 17.1 Å². The Morgan fingerprint density at radius 2 is 1.83 bits per heavy atom. The van der Waals surface area contributed by atoms with E-state index in [4.69, 9.17) is 4.42 Å². The number of hydrogen-bond donors (Lipinski definition) is 1. The predicted molar refractivity (Wildman–Crippen MR) is 69.4 cm³/mol. The first-order chi connectivity index (χ1) is 8.55. The van der Waals surface area contributed by atoms with E-state index in [9.17, 15) is 8.42 Å². The molecule has 1 heterocycles. The molecule has 4 nitrogen and oxygen atoms in total. The molecule has 1 aromatic heterocycles. The van der Waals surface area contributed by atoms with Gasteiger partial charge >= 0.3 is 0 Å². The van der Waals surface area contributed by atoms with Crippen LogP contribution in [0.2, 0.25) is 0 Å². The normalized spacial score (nSPS) is 11.6.